The normalized spacial score (nSPS) is 22.5. The Bertz CT molecular complexity index is 273. The maximum Gasteiger partial charge on any atom is 0.0414 e. The summed E-state index contributed by atoms with van der Waals surface area (Å²) in [6.07, 6.45) is 2.42. The first-order valence-electron chi connectivity index (χ1n) is 5.16. The number of hydrogen-bond donors (Lipinski definition) is 2. The average molecular weight is 191 g/mol. The van der Waals surface area contributed by atoms with Crippen molar-refractivity contribution in [2.45, 2.75) is 18.9 Å². The topological polar surface area (TPSA) is 41.3 Å². The second-order valence-electron chi connectivity index (χ2n) is 3.78. The summed E-state index contributed by atoms with van der Waals surface area (Å²) in [5.41, 5.74) is 1.17. The van der Waals surface area contributed by atoms with E-state index in [0.29, 0.717) is 6.04 Å². The Hall–Kier alpha value is -1.06. The highest BCUT2D eigenvalue weighted by Crippen LogP contribution is 2.14. The van der Waals surface area contributed by atoms with Crippen LogP contribution in [-0.4, -0.2) is 24.1 Å². The molecule has 1 aromatic rings. The summed E-state index contributed by atoms with van der Waals surface area (Å²) < 4.78 is 0. The molecule has 0 unspecified atom stereocenters. The lowest BCUT2D eigenvalue weighted by molar-refractivity contribution is 0.272. The first-order chi connectivity index (χ1) is 6.86. The van der Waals surface area contributed by atoms with Crippen molar-refractivity contribution in [1.82, 2.24) is 5.01 Å². The predicted octanol–water partition coefficient (Wildman–Crippen LogP) is 1.44. The molecule has 1 aliphatic rings. The third-order valence-electron chi connectivity index (χ3n) is 2.74. The molecule has 1 aromatic carbocycles. The van der Waals surface area contributed by atoms with E-state index in [1.807, 2.05) is 23.2 Å². The number of nitrogens with two attached hydrogens (primary N) is 1. The van der Waals surface area contributed by atoms with Crippen molar-refractivity contribution in [3.63, 3.8) is 0 Å². The Morgan fingerprint density at radius 3 is 2.79 bits per heavy atom. The number of nitrogens with zero attached hydrogens (tertiary/aromatic N) is 1. The molecule has 0 aliphatic carbocycles. The molecule has 76 valence electrons. The molecule has 3 heteroatoms. The SMILES string of the molecule is NN1CCC[C@H]1CNc1ccccc1. The van der Waals surface area contributed by atoms with Crippen molar-refractivity contribution >= 4 is 5.69 Å². The van der Waals surface area contributed by atoms with E-state index in [2.05, 4.69) is 17.4 Å². The molecule has 0 amide bonds. The highest BCUT2D eigenvalue weighted by Gasteiger charge is 2.20. The van der Waals surface area contributed by atoms with Crippen molar-refractivity contribution in [1.29, 1.82) is 0 Å². The molecule has 0 saturated carbocycles. The van der Waals surface area contributed by atoms with Crippen LogP contribution in [0.3, 0.4) is 0 Å². The van der Waals surface area contributed by atoms with E-state index >= 15 is 0 Å². The second kappa shape index (κ2) is 4.44. The fraction of sp³-hybridized carbons (Fsp3) is 0.455. The molecule has 14 heavy (non-hydrogen) atoms. The fourth-order valence-corrected chi connectivity index (χ4v) is 1.87. The summed E-state index contributed by atoms with van der Waals surface area (Å²) in [5.74, 6) is 5.84. The zero-order chi connectivity index (χ0) is 9.80. The number of hydrogen-bond acceptors (Lipinski definition) is 3. The quantitative estimate of drug-likeness (QED) is 0.710. The van der Waals surface area contributed by atoms with Crippen molar-refractivity contribution in [3.8, 4) is 0 Å². The van der Waals surface area contributed by atoms with E-state index in [1.54, 1.807) is 0 Å². The summed E-state index contributed by atoms with van der Waals surface area (Å²) >= 11 is 0. The molecule has 1 fully saturated rings. The van der Waals surface area contributed by atoms with Crippen LogP contribution in [0.15, 0.2) is 30.3 Å². The van der Waals surface area contributed by atoms with Gasteiger partial charge in [-0.15, -0.1) is 0 Å². The zero-order valence-electron chi connectivity index (χ0n) is 8.32. The van der Waals surface area contributed by atoms with Crippen LogP contribution in [0, 0.1) is 0 Å². The van der Waals surface area contributed by atoms with Crippen LogP contribution in [0.25, 0.3) is 0 Å². The van der Waals surface area contributed by atoms with Crippen molar-refractivity contribution < 1.29 is 0 Å². The molecule has 0 spiro atoms. The largest absolute Gasteiger partial charge is 0.383 e. The van der Waals surface area contributed by atoms with Gasteiger partial charge in [0.05, 0.1) is 0 Å². The maximum absolute atomic E-state index is 5.84. The van der Waals surface area contributed by atoms with Crippen LogP contribution in [0.1, 0.15) is 12.8 Å². The second-order valence-corrected chi connectivity index (χ2v) is 3.78. The number of nitrogens with one attached hydrogen (secondary N) is 1. The zero-order valence-corrected chi connectivity index (χ0v) is 8.32. The fourth-order valence-electron chi connectivity index (χ4n) is 1.87. The van der Waals surface area contributed by atoms with Gasteiger partial charge in [0.25, 0.3) is 0 Å². The molecular weight excluding hydrogens is 174 g/mol. The molecule has 3 nitrogen and oxygen atoms in total. The van der Waals surface area contributed by atoms with Gasteiger partial charge < -0.3 is 5.32 Å². The molecule has 2 rings (SSSR count). The summed E-state index contributed by atoms with van der Waals surface area (Å²) in [4.78, 5) is 0. The van der Waals surface area contributed by atoms with Gasteiger partial charge in [-0.3, -0.25) is 5.84 Å². The first-order valence-corrected chi connectivity index (χ1v) is 5.16. The van der Waals surface area contributed by atoms with Crippen LogP contribution in [0.4, 0.5) is 5.69 Å². The van der Waals surface area contributed by atoms with Gasteiger partial charge in [0, 0.05) is 24.8 Å². The van der Waals surface area contributed by atoms with Crippen LogP contribution < -0.4 is 11.2 Å². The summed E-state index contributed by atoms with van der Waals surface area (Å²) in [5, 5.41) is 5.34. The van der Waals surface area contributed by atoms with E-state index in [4.69, 9.17) is 5.84 Å². The van der Waals surface area contributed by atoms with Gasteiger partial charge in [-0.1, -0.05) is 18.2 Å². The Balaban J connectivity index is 1.82. The number of rotatable bonds is 3. The smallest absolute Gasteiger partial charge is 0.0414 e. The Morgan fingerprint density at radius 2 is 2.14 bits per heavy atom. The molecule has 0 bridgehead atoms. The van der Waals surface area contributed by atoms with Crippen LogP contribution in [0.2, 0.25) is 0 Å². The number of anilines is 1. The lowest BCUT2D eigenvalue weighted by atomic mass is 10.2. The molecular formula is C11H17N3. The lowest BCUT2D eigenvalue weighted by Gasteiger charge is -2.19. The van der Waals surface area contributed by atoms with Crippen molar-refractivity contribution in [2.75, 3.05) is 18.4 Å². The van der Waals surface area contributed by atoms with Crippen molar-refractivity contribution in [3.05, 3.63) is 30.3 Å². The predicted molar refractivity (Wildman–Crippen MR) is 58.8 cm³/mol. The molecule has 0 aromatic heterocycles. The van der Waals surface area contributed by atoms with Gasteiger partial charge in [-0.2, -0.15) is 0 Å². The molecule has 1 atom stereocenters. The summed E-state index contributed by atoms with van der Waals surface area (Å²) in [6, 6.07) is 10.8. The van der Waals surface area contributed by atoms with E-state index in [-0.39, 0.29) is 0 Å². The summed E-state index contributed by atoms with van der Waals surface area (Å²) in [6.45, 7) is 1.97. The van der Waals surface area contributed by atoms with E-state index in [9.17, 15) is 0 Å². The summed E-state index contributed by atoms with van der Waals surface area (Å²) in [7, 11) is 0. The molecule has 0 radical (unpaired) electrons. The minimum absolute atomic E-state index is 0.496. The monoisotopic (exact) mass is 191 g/mol. The Labute approximate surface area is 84.9 Å². The highest BCUT2D eigenvalue weighted by atomic mass is 15.4. The van der Waals surface area contributed by atoms with Gasteiger partial charge in [0.15, 0.2) is 0 Å². The van der Waals surface area contributed by atoms with Crippen LogP contribution in [-0.2, 0) is 0 Å². The third kappa shape index (κ3) is 2.25. The van der Waals surface area contributed by atoms with E-state index < -0.39 is 0 Å². The number of para-hydroxylation sites is 1. The van der Waals surface area contributed by atoms with Crippen molar-refractivity contribution in [2.24, 2.45) is 5.84 Å². The van der Waals surface area contributed by atoms with Crippen LogP contribution >= 0.6 is 0 Å². The van der Waals surface area contributed by atoms with Gasteiger partial charge in [0.1, 0.15) is 0 Å². The first kappa shape index (κ1) is 9.49. The van der Waals surface area contributed by atoms with Gasteiger partial charge in [-0.25, -0.2) is 5.01 Å². The molecule has 3 N–H and O–H groups in total. The molecule has 1 heterocycles. The van der Waals surface area contributed by atoms with Gasteiger partial charge in [-0.05, 0) is 25.0 Å². The Morgan fingerprint density at radius 1 is 1.36 bits per heavy atom. The Kier molecular flexibility index (Phi) is 3.01. The number of benzene rings is 1. The molecule has 1 aliphatic heterocycles. The van der Waals surface area contributed by atoms with Gasteiger partial charge >= 0.3 is 0 Å². The van der Waals surface area contributed by atoms with Crippen LogP contribution in [0.5, 0.6) is 0 Å². The highest BCUT2D eigenvalue weighted by molar-refractivity contribution is 5.42. The molecule has 1 saturated heterocycles. The van der Waals surface area contributed by atoms with E-state index in [0.717, 1.165) is 13.1 Å². The average Bonchev–Trinajstić information content (AvgIpc) is 2.63. The third-order valence-corrected chi connectivity index (χ3v) is 2.74. The maximum atomic E-state index is 5.84. The standard InChI is InChI=1S/C11H17N3/c12-14-8-4-7-11(14)9-13-10-5-2-1-3-6-10/h1-3,5-6,11,13H,4,7-9,12H2/t11-/m0/s1. The minimum Gasteiger partial charge on any atom is -0.383 e. The minimum atomic E-state index is 0.496. The lowest BCUT2D eigenvalue weighted by Crippen LogP contribution is -2.39. The number of hydrazine groups is 1. The van der Waals surface area contributed by atoms with Gasteiger partial charge in [0.2, 0.25) is 0 Å². The van der Waals surface area contributed by atoms with E-state index in [1.165, 1.54) is 18.5 Å².